The molecule has 100 valence electrons. The maximum absolute atomic E-state index is 6.03. The summed E-state index contributed by atoms with van der Waals surface area (Å²) in [5.74, 6) is 0.695. The molecule has 2 nitrogen and oxygen atoms in total. The van der Waals surface area contributed by atoms with E-state index in [-0.39, 0.29) is 6.10 Å². The highest BCUT2D eigenvalue weighted by Gasteiger charge is 2.29. The predicted molar refractivity (Wildman–Crippen MR) is 76.0 cm³/mol. The van der Waals surface area contributed by atoms with Gasteiger partial charge in [-0.25, -0.2) is 0 Å². The number of halogens is 1. The SMILES string of the molecule is CC(C)CC1COC(c2cccc(Cl)c2)C(C)N1. The molecule has 0 bridgehead atoms. The van der Waals surface area contributed by atoms with E-state index in [0.717, 1.165) is 23.6 Å². The lowest BCUT2D eigenvalue weighted by Gasteiger charge is -2.36. The van der Waals surface area contributed by atoms with E-state index >= 15 is 0 Å². The first-order valence-electron chi connectivity index (χ1n) is 6.69. The number of hydrogen-bond acceptors (Lipinski definition) is 2. The van der Waals surface area contributed by atoms with Gasteiger partial charge in [-0.1, -0.05) is 37.6 Å². The summed E-state index contributed by atoms with van der Waals surface area (Å²) in [6.45, 7) is 7.45. The van der Waals surface area contributed by atoms with Crippen LogP contribution >= 0.6 is 11.6 Å². The van der Waals surface area contributed by atoms with Crippen LogP contribution < -0.4 is 5.32 Å². The number of benzene rings is 1. The Kier molecular flexibility index (Phi) is 4.66. The van der Waals surface area contributed by atoms with Gasteiger partial charge in [0.05, 0.1) is 12.7 Å². The summed E-state index contributed by atoms with van der Waals surface area (Å²) in [5, 5.41) is 4.42. The number of rotatable bonds is 3. The summed E-state index contributed by atoms with van der Waals surface area (Å²) in [6.07, 6.45) is 1.26. The van der Waals surface area contributed by atoms with Crippen LogP contribution in [-0.2, 0) is 4.74 Å². The molecular weight excluding hydrogens is 246 g/mol. The highest BCUT2D eigenvalue weighted by molar-refractivity contribution is 6.30. The third kappa shape index (κ3) is 3.47. The van der Waals surface area contributed by atoms with Gasteiger partial charge in [0.25, 0.3) is 0 Å². The van der Waals surface area contributed by atoms with Gasteiger partial charge in [-0.05, 0) is 37.0 Å². The van der Waals surface area contributed by atoms with E-state index in [1.54, 1.807) is 0 Å². The van der Waals surface area contributed by atoms with Crippen molar-refractivity contribution in [1.29, 1.82) is 0 Å². The lowest BCUT2D eigenvalue weighted by atomic mass is 9.97. The van der Waals surface area contributed by atoms with Crippen molar-refractivity contribution in [2.24, 2.45) is 5.92 Å². The van der Waals surface area contributed by atoms with Gasteiger partial charge in [0.15, 0.2) is 0 Å². The fourth-order valence-electron chi connectivity index (χ4n) is 2.65. The smallest absolute Gasteiger partial charge is 0.0976 e. The zero-order valence-corrected chi connectivity index (χ0v) is 12.1. The zero-order chi connectivity index (χ0) is 13.1. The van der Waals surface area contributed by atoms with Crippen LogP contribution in [0.15, 0.2) is 24.3 Å². The van der Waals surface area contributed by atoms with Crippen LogP contribution in [0, 0.1) is 5.92 Å². The molecule has 1 N–H and O–H groups in total. The first-order valence-corrected chi connectivity index (χ1v) is 7.07. The molecule has 1 aliphatic rings. The van der Waals surface area contributed by atoms with Crippen molar-refractivity contribution in [1.82, 2.24) is 5.32 Å². The molecule has 18 heavy (non-hydrogen) atoms. The molecule has 0 radical (unpaired) electrons. The highest BCUT2D eigenvalue weighted by atomic mass is 35.5. The Bertz CT molecular complexity index is 394. The molecule has 0 amide bonds. The fourth-order valence-corrected chi connectivity index (χ4v) is 2.84. The standard InChI is InChI=1S/C15H22ClNO/c1-10(2)7-14-9-18-15(11(3)17-14)12-5-4-6-13(16)8-12/h4-6,8,10-11,14-15,17H,7,9H2,1-3H3. The van der Waals surface area contributed by atoms with Gasteiger partial charge >= 0.3 is 0 Å². The quantitative estimate of drug-likeness (QED) is 0.899. The second-order valence-electron chi connectivity index (χ2n) is 5.59. The van der Waals surface area contributed by atoms with Crippen molar-refractivity contribution in [2.75, 3.05) is 6.61 Å². The molecule has 0 aliphatic carbocycles. The molecule has 3 heteroatoms. The molecule has 1 aliphatic heterocycles. The van der Waals surface area contributed by atoms with E-state index in [0.29, 0.717) is 18.0 Å². The second-order valence-corrected chi connectivity index (χ2v) is 6.03. The lowest BCUT2D eigenvalue weighted by Crippen LogP contribution is -2.49. The van der Waals surface area contributed by atoms with Crippen LogP contribution in [0.5, 0.6) is 0 Å². The van der Waals surface area contributed by atoms with E-state index in [1.165, 1.54) is 0 Å². The fraction of sp³-hybridized carbons (Fsp3) is 0.600. The third-order valence-corrected chi connectivity index (χ3v) is 3.60. The van der Waals surface area contributed by atoms with Gasteiger partial charge in [-0.2, -0.15) is 0 Å². The number of morpholine rings is 1. The van der Waals surface area contributed by atoms with Crippen molar-refractivity contribution in [3.63, 3.8) is 0 Å². The first-order chi connectivity index (χ1) is 8.56. The largest absolute Gasteiger partial charge is 0.370 e. The van der Waals surface area contributed by atoms with Gasteiger partial charge in [0, 0.05) is 17.1 Å². The molecule has 0 saturated carbocycles. The third-order valence-electron chi connectivity index (χ3n) is 3.36. The molecule has 0 aromatic heterocycles. The van der Waals surface area contributed by atoms with Crippen LogP contribution in [0.4, 0.5) is 0 Å². The van der Waals surface area contributed by atoms with Gasteiger partial charge in [0.2, 0.25) is 0 Å². The summed E-state index contributed by atoms with van der Waals surface area (Å²) in [5.41, 5.74) is 1.16. The summed E-state index contributed by atoms with van der Waals surface area (Å²) in [4.78, 5) is 0. The first kappa shape index (κ1) is 13.9. The van der Waals surface area contributed by atoms with Crippen molar-refractivity contribution in [2.45, 2.75) is 45.4 Å². The Balaban J connectivity index is 2.01. The number of ether oxygens (including phenoxy) is 1. The topological polar surface area (TPSA) is 21.3 Å². The molecule has 1 heterocycles. The van der Waals surface area contributed by atoms with Crippen molar-refractivity contribution < 1.29 is 4.74 Å². The maximum atomic E-state index is 6.03. The summed E-state index contributed by atoms with van der Waals surface area (Å²) in [7, 11) is 0. The molecule has 0 spiro atoms. The average molecular weight is 268 g/mol. The predicted octanol–water partition coefficient (Wildman–Crippen LogP) is 3.80. The number of nitrogens with one attached hydrogen (secondary N) is 1. The van der Waals surface area contributed by atoms with E-state index < -0.39 is 0 Å². The Labute approximate surface area is 115 Å². The summed E-state index contributed by atoms with van der Waals surface area (Å²) >= 11 is 6.03. The van der Waals surface area contributed by atoms with E-state index in [4.69, 9.17) is 16.3 Å². The number of hydrogen-bond donors (Lipinski definition) is 1. The van der Waals surface area contributed by atoms with Crippen LogP contribution in [0.3, 0.4) is 0 Å². The lowest BCUT2D eigenvalue weighted by molar-refractivity contribution is -0.0283. The van der Waals surface area contributed by atoms with Crippen molar-refractivity contribution in [3.8, 4) is 0 Å². The minimum Gasteiger partial charge on any atom is -0.370 e. The van der Waals surface area contributed by atoms with E-state index in [2.05, 4.69) is 32.2 Å². The molecule has 1 aromatic rings. The Hall–Kier alpha value is -0.570. The van der Waals surface area contributed by atoms with Crippen molar-refractivity contribution in [3.05, 3.63) is 34.9 Å². The second kappa shape index (κ2) is 6.05. The molecule has 3 atom stereocenters. The van der Waals surface area contributed by atoms with Gasteiger partial charge < -0.3 is 10.1 Å². The Morgan fingerprint density at radius 3 is 2.83 bits per heavy atom. The van der Waals surface area contributed by atoms with Gasteiger partial charge in [-0.15, -0.1) is 0 Å². The van der Waals surface area contributed by atoms with Crippen LogP contribution in [0.25, 0.3) is 0 Å². The molecular formula is C15H22ClNO. The van der Waals surface area contributed by atoms with Crippen LogP contribution in [0.2, 0.25) is 5.02 Å². The molecule has 1 saturated heterocycles. The molecule has 2 rings (SSSR count). The molecule has 3 unspecified atom stereocenters. The Morgan fingerprint density at radius 2 is 2.22 bits per heavy atom. The summed E-state index contributed by atoms with van der Waals surface area (Å²) < 4.78 is 6.02. The van der Waals surface area contributed by atoms with Crippen LogP contribution in [-0.4, -0.2) is 18.7 Å². The van der Waals surface area contributed by atoms with Gasteiger partial charge in [0.1, 0.15) is 0 Å². The molecule has 1 fully saturated rings. The average Bonchev–Trinajstić information content (AvgIpc) is 2.28. The minimum atomic E-state index is 0.104. The van der Waals surface area contributed by atoms with E-state index in [1.807, 2.05) is 18.2 Å². The minimum absolute atomic E-state index is 0.104. The molecule has 1 aromatic carbocycles. The zero-order valence-electron chi connectivity index (χ0n) is 11.3. The summed E-state index contributed by atoms with van der Waals surface area (Å²) in [6, 6.07) is 8.74. The van der Waals surface area contributed by atoms with Gasteiger partial charge in [-0.3, -0.25) is 0 Å². The van der Waals surface area contributed by atoms with E-state index in [9.17, 15) is 0 Å². The maximum Gasteiger partial charge on any atom is 0.0976 e. The van der Waals surface area contributed by atoms with Crippen molar-refractivity contribution >= 4 is 11.6 Å². The van der Waals surface area contributed by atoms with Crippen LogP contribution in [0.1, 0.15) is 38.9 Å². The highest BCUT2D eigenvalue weighted by Crippen LogP contribution is 2.28. The Morgan fingerprint density at radius 1 is 1.44 bits per heavy atom. The normalized spacial score (nSPS) is 28.6. The monoisotopic (exact) mass is 267 g/mol.